The van der Waals surface area contributed by atoms with Crippen molar-refractivity contribution in [2.75, 3.05) is 13.1 Å². The molecule has 0 spiro atoms. The number of carbonyl (C=O) groups is 1. The Morgan fingerprint density at radius 3 is 2.71 bits per heavy atom. The molecule has 116 valence electrons. The van der Waals surface area contributed by atoms with Crippen LogP contribution in [0.4, 0.5) is 4.79 Å². The minimum Gasteiger partial charge on any atom is -0.444 e. The molecule has 2 rings (SSSR count). The topological polar surface area (TPSA) is 59.5 Å². The predicted octanol–water partition coefficient (Wildman–Crippen LogP) is 2.51. The van der Waals surface area contributed by atoms with Crippen LogP contribution in [0, 0.1) is 6.92 Å². The van der Waals surface area contributed by atoms with Crippen LogP contribution < -0.4 is 0 Å². The second-order valence-electron chi connectivity index (χ2n) is 6.31. The van der Waals surface area contributed by atoms with Crippen molar-refractivity contribution >= 4 is 16.9 Å². The number of hydrogen-bond acceptors (Lipinski definition) is 4. The van der Waals surface area contributed by atoms with E-state index in [-0.39, 0.29) is 11.3 Å². The summed E-state index contributed by atoms with van der Waals surface area (Å²) < 4.78 is 17.8. The largest absolute Gasteiger partial charge is 0.444 e. The Hall–Kier alpha value is -1.43. The van der Waals surface area contributed by atoms with Crippen molar-refractivity contribution < 1.29 is 13.7 Å². The molecule has 6 heteroatoms. The average Bonchev–Trinajstić information content (AvgIpc) is 2.86. The lowest BCUT2D eigenvalue weighted by Crippen LogP contribution is -2.36. The second-order valence-corrected chi connectivity index (χ2v) is 7.99. The van der Waals surface area contributed by atoms with Gasteiger partial charge in [-0.3, -0.25) is 4.21 Å². The molecule has 1 aromatic heterocycles. The maximum Gasteiger partial charge on any atom is 0.410 e. The number of amides is 1. The lowest BCUT2D eigenvalue weighted by atomic mass is 10.2. The zero-order valence-corrected chi connectivity index (χ0v) is 13.8. The highest BCUT2D eigenvalue weighted by molar-refractivity contribution is 7.85. The summed E-state index contributed by atoms with van der Waals surface area (Å²) in [5, 5.41) is 0.504. The SMILES string of the molecule is Cc1ccc([S@](=O)[C@H]2CCN(C(=O)OC(C)(C)C)C2)nc1. The average molecular weight is 310 g/mol. The summed E-state index contributed by atoms with van der Waals surface area (Å²) in [6, 6.07) is 3.70. The first-order valence-electron chi connectivity index (χ1n) is 7.07. The summed E-state index contributed by atoms with van der Waals surface area (Å²) in [6.07, 6.45) is 2.09. The Balaban J connectivity index is 1.97. The smallest absolute Gasteiger partial charge is 0.410 e. The molecule has 1 saturated heterocycles. The molecule has 0 aromatic carbocycles. The van der Waals surface area contributed by atoms with Gasteiger partial charge >= 0.3 is 6.09 Å². The molecule has 0 N–H and O–H groups in total. The molecular formula is C15H22N2O3S. The van der Waals surface area contributed by atoms with Crippen LogP contribution in [0.1, 0.15) is 32.8 Å². The van der Waals surface area contributed by atoms with Crippen LogP contribution in [-0.2, 0) is 15.5 Å². The third-order valence-electron chi connectivity index (χ3n) is 3.19. The van der Waals surface area contributed by atoms with Crippen LogP contribution in [0.2, 0.25) is 0 Å². The van der Waals surface area contributed by atoms with Gasteiger partial charge in [0.15, 0.2) is 0 Å². The van der Waals surface area contributed by atoms with Gasteiger partial charge in [-0.25, -0.2) is 9.78 Å². The lowest BCUT2D eigenvalue weighted by Gasteiger charge is -2.24. The molecule has 5 nitrogen and oxygen atoms in total. The van der Waals surface area contributed by atoms with E-state index in [0.717, 1.165) is 5.56 Å². The number of likely N-dealkylation sites (tertiary alicyclic amines) is 1. The fraction of sp³-hybridized carbons (Fsp3) is 0.600. The first-order valence-corrected chi connectivity index (χ1v) is 8.29. The zero-order valence-electron chi connectivity index (χ0n) is 13.0. The summed E-state index contributed by atoms with van der Waals surface area (Å²) >= 11 is 0. The fourth-order valence-electron chi connectivity index (χ4n) is 2.14. The van der Waals surface area contributed by atoms with E-state index in [4.69, 9.17) is 4.74 Å². The van der Waals surface area contributed by atoms with Gasteiger partial charge in [-0.1, -0.05) is 6.07 Å². The molecule has 2 heterocycles. The van der Waals surface area contributed by atoms with E-state index in [9.17, 15) is 9.00 Å². The van der Waals surface area contributed by atoms with E-state index in [1.165, 1.54) is 0 Å². The highest BCUT2D eigenvalue weighted by Gasteiger charge is 2.33. The predicted molar refractivity (Wildman–Crippen MR) is 81.6 cm³/mol. The van der Waals surface area contributed by atoms with E-state index >= 15 is 0 Å². The Kier molecular flexibility index (Phi) is 4.66. The van der Waals surface area contributed by atoms with Crippen LogP contribution in [0.15, 0.2) is 23.4 Å². The number of aryl methyl sites for hydroxylation is 1. The minimum atomic E-state index is -1.19. The van der Waals surface area contributed by atoms with E-state index in [2.05, 4.69) is 4.98 Å². The first-order chi connectivity index (χ1) is 9.76. The number of carbonyl (C=O) groups excluding carboxylic acids is 1. The van der Waals surface area contributed by atoms with E-state index in [1.54, 1.807) is 17.2 Å². The summed E-state index contributed by atoms with van der Waals surface area (Å²) in [6.45, 7) is 8.50. The maximum absolute atomic E-state index is 12.5. The molecule has 2 atom stereocenters. The summed E-state index contributed by atoms with van der Waals surface area (Å²) in [5.41, 5.74) is 0.532. The Morgan fingerprint density at radius 2 is 2.14 bits per heavy atom. The van der Waals surface area contributed by atoms with Gasteiger partial charge in [0.2, 0.25) is 0 Å². The van der Waals surface area contributed by atoms with Gasteiger partial charge in [0.05, 0.1) is 16.0 Å². The second kappa shape index (κ2) is 6.13. The maximum atomic E-state index is 12.5. The molecule has 1 fully saturated rings. The van der Waals surface area contributed by atoms with Crippen LogP contribution in [0.25, 0.3) is 0 Å². The molecule has 1 aromatic rings. The summed E-state index contributed by atoms with van der Waals surface area (Å²) in [4.78, 5) is 17.8. The fourth-order valence-corrected chi connectivity index (χ4v) is 3.47. The van der Waals surface area contributed by atoms with Gasteiger partial charge in [0.1, 0.15) is 10.6 Å². The van der Waals surface area contributed by atoms with Crippen molar-refractivity contribution in [3.8, 4) is 0 Å². The van der Waals surface area contributed by atoms with Gasteiger partial charge in [-0.05, 0) is 45.7 Å². The summed E-state index contributed by atoms with van der Waals surface area (Å²) in [7, 11) is -1.19. The first kappa shape index (κ1) is 15.9. The Bertz CT molecular complexity index is 537. The number of pyridine rings is 1. The van der Waals surface area contributed by atoms with E-state index < -0.39 is 16.4 Å². The molecule has 21 heavy (non-hydrogen) atoms. The van der Waals surface area contributed by atoms with E-state index in [1.807, 2.05) is 33.8 Å². The number of ether oxygens (including phenoxy) is 1. The van der Waals surface area contributed by atoms with Crippen molar-refractivity contribution in [2.45, 2.75) is 50.0 Å². The normalized spacial score (nSPS) is 20.4. The third-order valence-corrected chi connectivity index (χ3v) is 4.83. The number of aromatic nitrogens is 1. The zero-order chi connectivity index (χ0) is 15.6. The highest BCUT2D eigenvalue weighted by atomic mass is 32.2. The number of nitrogens with zero attached hydrogens (tertiary/aromatic N) is 2. The summed E-state index contributed by atoms with van der Waals surface area (Å²) in [5.74, 6) is 0. The van der Waals surface area contributed by atoms with Crippen LogP contribution in [-0.4, -0.2) is 44.1 Å². The quantitative estimate of drug-likeness (QED) is 0.842. The van der Waals surface area contributed by atoms with Crippen molar-refractivity contribution in [3.05, 3.63) is 23.9 Å². The molecular weight excluding hydrogens is 288 g/mol. The van der Waals surface area contributed by atoms with Gasteiger partial charge in [-0.2, -0.15) is 0 Å². The van der Waals surface area contributed by atoms with Gasteiger partial charge < -0.3 is 9.64 Å². The number of hydrogen-bond donors (Lipinski definition) is 0. The van der Waals surface area contributed by atoms with Crippen LogP contribution in [0.5, 0.6) is 0 Å². The number of rotatable bonds is 2. The van der Waals surface area contributed by atoms with Crippen molar-refractivity contribution in [1.82, 2.24) is 9.88 Å². The van der Waals surface area contributed by atoms with Crippen molar-refractivity contribution in [2.24, 2.45) is 0 Å². The van der Waals surface area contributed by atoms with Crippen LogP contribution >= 0.6 is 0 Å². The molecule has 1 aliphatic heterocycles. The molecule has 1 aliphatic rings. The van der Waals surface area contributed by atoms with Crippen molar-refractivity contribution in [1.29, 1.82) is 0 Å². The Morgan fingerprint density at radius 1 is 1.43 bits per heavy atom. The molecule has 0 bridgehead atoms. The van der Waals surface area contributed by atoms with Gasteiger partial charge in [-0.15, -0.1) is 0 Å². The van der Waals surface area contributed by atoms with Crippen LogP contribution in [0.3, 0.4) is 0 Å². The van der Waals surface area contributed by atoms with Gasteiger partial charge in [0, 0.05) is 19.3 Å². The minimum absolute atomic E-state index is 0.0762. The monoisotopic (exact) mass is 310 g/mol. The molecule has 0 aliphatic carbocycles. The third kappa shape index (κ3) is 4.27. The molecule has 0 unspecified atom stereocenters. The van der Waals surface area contributed by atoms with Gasteiger partial charge in [0.25, 0.3) is 0 Å². The molecule has 0 saturated carbocycles. The lowest BCUT2D eigenvalue weighted by molar-refractivity contribution is 0.0295. The Labute approximate surface area is 128 Å². The molecule has 0 radical (unpaired) electrons. The van der Waals surface area contributed by atoms with E-state index in [0.29, 0.717) is 24.5 Å². The highest BCUT2D eigenvalue weighted by Crippen LogP contribution is 2.21. The van der Waals surface area contributed by atoms with Crippen molar-refractivity contribution in [3.63, 3.8) is 0 Å². The standard InChI is InChI=1S/C15H22N2O3S/c1-11-5-6-13(16-9-11)21(19)12-7-8-17(10-12)14(18)20-15(2,3)4/h5-6,9,12H,7-8,10H2,1-4H3/t12-,21+/m0/s1. The molecule has 1 amide bonds.